The van der Waals surface area contributed by atoms with Crippen LogP contribution in [0.3, 0.4) is 0 Å². The van der Waals surface area contributed by atoms with Crippen LogP contribution in [0.5, 0.6) is 0 Å². The Morgan fingerprint density at radius 1 is 1.48 bits per heavy atom. The monoisotopic (exact) mass is 317 g/mol. The Labute approximate surface area is 122 Å². The molecule has 0 aromatic heterocycles. The van der Waals surface area contributed by atoms with Crippen molar-refractivity contribution in [1.82, 2.24) is 4.72 Å². The van der Waals surface area contributed by atoms with Crippen LogP contribution in [0.25, 0.3) is 0 Å². The molecular formula is C13H16FNO5S. The van der Waals surface area contributed by atoms with E-state index in [2.05, 4.69) is 4.72 Å². The summed E-state index contributed by atoms with van der Waals surface area (Å²) >= 11 is 0. The van der Waals surface area contributed by atoms with Gasteiger partial charge in [0.1, 0.15) is 5.82 Å². The molecule has 0 radical (unpaired) electrons. The SMILES string of the molecule is O=C(O)c1ccc(F)c(CNS(=O)(=O)CC2CCOC2)c1. The number of ether oxygens (including phenoxy) is 1. The quantitative estimate of drug-likeness (QED) is 0.816. The molecule has 2 rings (SSSR count). The number of halogens is 1. The van der Waals surface area contributed by atoms with Gasteiger partial charge in [0.05, 0.1) is 17.9 Å². The highest BCUT2D eigenvalue weighted by Crippen LogP contribution is 2.15. The zero-order chi connectivity index (χ0) is 15.5. The van der Waals surface area contributed by atoms with Gasteiger partial charge in [-0.2, -0.15) is 0 Å². The lowest BCUT2D eigenvalue weighted by Gasteiger charge is -2.11. The smallest absolute Gasteiger partial charge is 0.335 e. The number of carboxylic acids is 1. The molecule has 1 aromatic carbocycles. The molecule has 1 aliphatic rings. The van der Waals surface area contributed by atoms with E-state index in [-0.39, 0.29) is 29.3 Å². The molecule has 0 spiro atoms. The summed E-state index contributed by atoms with van der Waals surface area (Å²) in [6, 6.07) is 3.27. The zero-order valence-corrected chi connectivity index (χ0v) is 12.0. The first-order valence-electron chi connectivity index (χ1n) is 6.44. The van der Waals surface area contributed by atoms with Crippen molar-refractivity contribution >= 4 is 16.0 Å². The molecule has 6 nitrogen and oxygen atoms in total. The van der Waals surface area contributed by atoms with Crippen LogP contribution < -0.4 is 4.72 Å². The summed E-state index contributed by atoms with van der Waals surface area (Å²) in [6.07, 6.45) is 0.684. The van der Waals surface area contributed by atoms with E-state index >= 15 is 0 Å². The first-order valence-corrected chi connectivity index (χ1v) is 8.09. The van der Waals surface area contributed by atoms with Crippen molar-refractivity contribution < 1.29 is 27.4 Å². The molecule has 0 aliphatic carbocycles. The number of benzene rings is 1. The predicted octanol–water partition coefficient (Wildman–Crippen LogP) is 0.980. The molecule has 1 atom stereocenters. The number of carboxylic acid groups (broad SMARTS) is 1. The summed E-state index contributed by atoms with van der Waals surface area (Å²) in [4.78, 5) is 10.8. The molecule has 8 heteroatoms. The number of carbonyl (C=O) groups is 1. The summed E-state index contributed by atoms with van der Waals surface area (Å²) in [6.45, 7) is 0.683. The van der Waals surface area contributed by atoms with Crippen molar-refractivity contribution in [2.45, 2.75) is 13.0 Å². The molecule has 116 valence electrons. The van der Waals surface area contributed by atoms with Crippen LogP contribution in [-0.4, -0.2) is 38.5 Å². The van der Waals surface area contributed by atoms with Gasteiger partial charge in [0.2, 0.25) is 10.0 Å². The topological polar surface area (TPSA) is 92.7 Å². The van der Waals surface area contributed by atoms with Gasteiger partial charge in [-0.3, -0.25) is 0 Å². The minimum absolute atomic E-state index is 0.00106. The van der Waals surface area contributed by atoms with Crippen molar-refractivity contribution in [3.63, 3.8) is 0 Å². The molecule has 1 saturated heterocycles. The minimum Gasteiger partial charge on any atom is -0.478 e. The van der Waals surface area contributed by atoms with Gasteiger partial charge in [-0.25, -0.2) is 22.3 Å². The van der Waals surface area contributed by atoms with Crippen LogP contribution in [0.1, 0.15) is 22.3 Å². The van der Waals surface area contributed by atoms with Gasteiger partial charge in [-0.15, -0.1) is 0 Å². The first kappa shape index (κ1) is 15.9. The third kappa shape index (κ3) is 4.48. The molecule has 1 heterocycles. The van der Waals surface area contributed by atoms with Crippen molar-refractivity contribution in [3.8, 4) is 0 Å². The van der Waals surface area contributed by atoms with Crippen LogP contribution in [-0.2, 0) is 21.3 Å². The Bertz CT molecular complexity index is 625. The Morgan fingerprint density at radius 3 is 2.86 bits per heavy atom. The van der Waals surface area contributed by atoms with Crippen molar-refractivity contribution in [2.75, 3.05) is 19.0 Å². The molecular weight excluding hydrogens is 301 g/mol. The second kappa shape index (κ2) is 6.50. The lowest BCUT2D eigenvalue weighted by Crippen LogP contribution is -2.30. The summed E-state index contributed by atoms with van der Waals surface area (Å²) in [5, 5.41) is 8.84. The number of nitrogens with one attached hydrogen (secondary N) is 1. The van der Waals surface area contributed by atoms with E-state index < -0.39 is 21.8 Å². The fourth-order valence-corrected chi connectivity index (χ4v) is 3.49. The Hall–Kier alpha value is -1.51. The van der Waals surface area contributed by atoms with Gasteiger partial charge in [0.15, 0.2) is 0 Å². The van der Waals surface area contributed by atoms with Gasteiger partial charge in [-0.1, -0.05) is 0 Å². The molecule has 1 aromatic rings. The average molecular weight is 317 g/mol. The summed E-state index contributed by atoms with van der Waals surface area (Å²) in [5.74, 6) is -1.97. The number of hydrogen-bond donors (Lipinski definition) is 2. The third-order valence-corrected chi connectivity index (χ3v) is 4.75. The van der Waals surface area contributed by atoms with Crippen LogP contribution in [0, 0.1) is 11.7 Å². The Kier molecular flexibility index (Phi) is 4.92. The van der Waals surface area contributed by atoms with E-state index in [1.165, 1.54) is 0 Å². The molecule has 1 fully saturated rings. The summed E-state index contributed by atoms with van der Waals surface area (Å²) in [7, 11) is -3.56. The highest BCUT2D eigenvalue weighted by molar-refractivity contribution is 7.89. The lowest BCUT2D eigenvalue weighted by molar-refractivity contribution is 0.0696. The second-order valence-electron chi connectivity index (χ2n) is 4.94. The van der Waals surface area contributed by atoms with Crippen molar-refractivity contribution in [3.05, 3.63) is 35.1 Å². The molecule has 1 aliphatic heterocycles. The normalized spacial score (nSPS) is 18.8. The van der Waals surface area contributed by atoms with Crippen LogP contribution in [0.4, 0.5) is 4.39 Å². The maximum absolute atomic E-state index is 13.6. The molecule has 2 N–H and O–H groups in total. The molecule has 1 unspecified atom stereocenters. The van der Waals surface area contributed by atoms with Crippen molar-refractivity contribution in [1.29, 1.82) is 0 Å². The highest BCUT2D eigenvalue weighted by atomic mass is 32.2. The molecule has 0 saturated carbocycles. The van der Waals surface area contributed by atoms with Crippen LogP contribution in [0.2, 0.25) is 0 Å². The Morgan fingerprint density at radius 2 is 2.24 bits per heavy atom. The maximum atomic E-state index is 13.6. The fourth-order valence-electron chi connectivity index (χ4n) is 2.11. The minimum atomic E-state index is -3.56. The zero-order valence-electron chi connectivity index (χ0n) is 11.2. The number of aromatic carboxylic acids is 1. The van der Waals surface area contributed by atoms with Crippen molar-refractivity contribution in [2.24, 2.45) is 5.92 Å². The lowest BCUT2D eigenvalue weighted by atomic mass is 10.1. The maximum Gasteiger partial charge on any atom is 0.335 e. The first-order chi connectivity index (χ1) is 9.87. The largest absolute Gasteiger partial charge is 0.478 e. The number of sulfonamides is 1. The standard InChI is InChI=1S/C13H16FNO5S/c14-12-2-1-10(13(16)17)5-11(12)6-15-21(18,19)8-9-3-4-20-7-9/h1-2,5,9,15H,3-4,6-8H2,(H,16,17). The predicted molar refractivity (Wildman–Crippen MR) is 72.9 cm³/mol. The van der Waals surface area contributed by atoms with Gasteiger partial charge in [-0.05, 0) is 30.5 Å². The average Bonchev–Trinajstić information content (AvgIpc) is 2.89. The van der Waals surface area contributed by atoms with Crippen LogP contribution in [0.15, 0.2) is 18.2 Å². The Balaban J connectivity index is 2.01. The fraction of sp³-hybridized carbons (Fsp3) is 0.462. The highest BCUT2D eigenvalue weighted by Gasteiger charge is 2.23. The van der Waals surface area contributed by atoms with E-state index in [4.69, 9.17) is 9.84 Å². The number of rotatable bonds is 6. The molecule has 0 amide bonds. The van der Waals surface area contributed by atoms with Gasteiger partial charge in [0, 0.05) is 18.7 Å². The van der Waals surface area contributed by atoms with Gasteiger partial charge < -0.3 is 9.84 Å². The van der Waals surface area contributed by atoms with Crippen LogP contribution >= 0.6 is 0 Å². The molecule has 21 heavy (non-hydrogen) atoms. The summed E-state index contributed by atoms with van der Waals surface area (Å²) < 4.78 is 44.7. The van der Waals surface area contributed by atoms with E-state index in [1.807, 2.05) is 0 Å². The summed E-state index contributed by atoms with van der Waals surface area (Å²) in [5.41, 5.74) is -0.0871. The van der Waals surface area contributed by atoms with E-state index in [0.717, 1.165) is 18.2 Å². The molecule has 0 bridgehead atoms. The second-order valence-corrected chi connectivity index (χ2v) is 6.79. The van der Waals surface area contributed by atoms with Gasteiger partial charge in [0.25, 0.3) is 0 Å². The van der Waals surface area contributed by atoms with E-state index in [0.29, 0.717) is 19.6 Å². The van der Waals surface area contributed by atoms with E-state index in [9.17, 15) is 17.6 Å². The third-order valence-electron chi connectivity index (χ3n) is 3.25. The number of hydrogen-bond acceptors (Lipinski definition) is 4. The van der Waals surface area contributed by atoms with E-state index in [1.54, 1.807) is 0 Å². The van der Waals surface area contributed by atoms with Gasteiger partial charge >= 0.3 is 5.97 Å².